The molecule has 0 spiro atoms. The lowest BCUT2D eigenvalue weighted by molar-refractivity contribution is 0.188. The van der Waals surface area contributed by atoms with Gasteiger partial charge in [0.1, 0.15) is 0 Å². The first-order valence-electron chi connectivity index (χ1n) is 6.89. The fourth-order valence-corrected chi connectivity index (χ4v) is 2.21. The van der Waals surface area contributed by atoms with Crippen molar-refractivity contribution in [3.63, 3.8) is 0 Å². The van der Waals surface area contributed by atoms with Crippen molar-refractivity contribution in [3.8, 4) is 0 Å². The second-order valence-corrected chi connectivity index (χ2v) is 4.31. The van der Waals surface area contributed by atoms with Crippen molar-refractivity contribution in [1.29, 1.82) is 0 Å². The number of hydrogen-bond acceptors (Lipinski definition) is 3. The summed E-state index contributed by atoms with van der Waals surface area (Å²) in [6, 6.07) is 0.571. The topological polar surface area (TPSA) is 32.5 Å². The molecule has 16 heavy (non-hydrogen) atoms. The summed E-state index contributed by atoms with van der Waals surface area (Å²) < 4.78 is 0. The van der Waals surface area contributed by atoms with Gasteiger partial charge in [0.15, 0.2) is 0 Å². The smallest absolute Gasteiger partial charge is 0.0215 e. The Hall–Kier alpha value is -0.120. The maximum Gasteiger partial charge on any atom is 0.0215 e. The van der Waals surface area contributed by atoms with Crippen LogP contribution in [-0.4, -0.2) is 55.1 Å². The van der Waals surface area contributed by atoms with Gasteiger partial charge in [-0.15, -0.1) is 0 Å². The molecule has 0 rings (SSSR count). The molecule has 0 fully saturated rings. The lowest BCUT2D eigenvalue weighted by Gasteiger charge is -2.29. The highest BCUT2D eigenvalue weighted by Gasteiger charge is 2.12. The van der Waals surface area contributed by atoms with Crippen molar-refractivity contribution >= 4 is 0 Å². The van der Waals surface area contributed by atoms with Gasteiger partial charge in [0.05, 0.1) is 0 Å². The monoisotopic (exact) mass is 229 g/mol. The average Bonchev–Trinajstić information content (AvgIpc) is 2.33. The van der Waals surface area contributed by atoms with E-state index in [2.05, 4.69) is 37.5 Å². The molecule has 0 aliphatic heterocycles. The molecule has 98 valence electrons. The molecule has 0 aromatic rings. The van der Waals surface area contributed by atoms with Gasteiger partial charge < -0.3 is 10.6 Å². The molecule has 1 unspecified atom stereocenters. The van der Waals surface area contributed by atoms with E-state index in [0.29, 0.717) is 6.04 Å². The third-order valence-electron chi connectivity index (χ3n) is 3.48. The highest BCUT2D eigenvalue weighted by molar-refractivity contribution is 4.70. The van der Waals surface area contributed by atoms with Gasteiger partial charge in [0, 0.05) is 12.6 Å². The maximum absolute atomic E-state index is 5.79. The quantitative estimate of drug-likeness (QED) is 0.620. The Balaban J connectivity index is 3.85. The van der Waals surface area contributed by atoms with Gasteiger partial charge in [0.2, 0.25) is 0 Å². The molecule has 0 amide bonds. The van der Waals surface area contributed by atoms with Crippen molar-refractivity contribution in [2.24, 2.45) is 5.73 Å². The average molecular weight is 229 g/mol. The Morgan fingerprint density at radius 2 is 1.56 bits per heavy atom. The zero-order valence-electron chi connectivity index (χ0n) is 11.7. The summed E-state index contributed by atoms with van der Waals surface area (Å²) in [4.78, 5) is 5.00. The molecule has 0 aliphatic rings. The third-order valence-corrected chi connectivity index (χ3v) is 3.48. The Labute approximate surface area is 102 Å². The molecule has 0 radical (unpaired) electrons. The van der Waals surface area contributed by atoms with Crippen LogP contribution in [0, 0.1) is 0 Å². The van der Waals surface area contributed by atoms with Crippen LogP contribution in [0.4, 0.5) is 0 Å². The highest BCUT2D eigenvalue weighted by atomic mass is 15.2. The van der Waals surface area contributed by atoms with Crippen molar-refractivity contribution in [1.82, 2.24) is 9.80 Å². The van der Waals surface area contributed by atoms with E-state index in [0.717, 1.165) is 32.6 Å². The Bertz CT molecular complexity index is 142. The maximum atomic E-state index is 5.79. The summed E-state index contributed by atoms with van der Waals surface area (Å²) in [7, 11) is 0. The molecule has 0 aliphatic carbocycles. The zero-order valence-corrected chi connectivity index (χ0v) is 11.7. The van der Waals surface area contributed by atoms with E-state index in [9.17, 15) is 0 Å². The van der Waals surface area contributed by atoms with Gasteiger partial charge in [-0.3, -0.25) is 4.90 Å². The van der Waals surface area contributed by atoms with Crippen LogP contribution in [0.2, 0.25) is 0 Å². The Kier molecular flexibility index (Phi) is 9.99. The normalized spacial score (nSPS) is 13.7. The van der Waals surface area contributed by atoms with E-state index in [1.165, 1.54) is 19.5 Å². The van der Waals surface area contributed by atoms with Gasteiger partial charge in [-0.25, -0.2) is 0 Å². The zero-order chi connectivity index (χ0) is 12.4. The second-order valence-electron chi connectivity index (χ2n) is 4.31. The first-order valence-corrected chi connectivity index (χ1v) is 6.89. The molecular weight excluding hydrogens is 198 g/mol. The van der Waals surface area contributed by atoms with Crippen molar-refractivity contribution in [3.05, 3.63) is 0 Å². The molecule has 0 saturated carbocycles. The third kappa shape index (κ3) is 5.83. The lowest BCUT2D eigenvalue weighted by Crippen LogP contribution is -2.41. The van der Waals surface area contributed by atoms with Gasteiger partial charge in [-0.2, -0.15) is 0 Å². The summed E-state index contributed by atoms with van der Waals surface area (Å²) in [5.74, 6) is 0. The van der Waals surface area contributed by atoms with Crippen molar-refractivity contribution in [2.45, 2.75) is 46.6 Å². The molecule has 0 aromatic heterocycles. The summed E-state index contributed by atoms with van der Waals surface area (Å²) in [6.45, 7) is 15.6. The number of hydrogen-bond donors (Lipinski definition) is 1. The molecule has 2 N–H and O–H groups in total. The van der Waals surface area contributed by atoms with Gasteiger partial charge in [0.25, 0.3) is 0 Å². The van der Waals surface area contributed by atoms with E-state index in [1.807, 2.05) is 0 Å². The number of nitrogens with zero attached hydrogens (tertiary/aromatic N) is 2. The molecule has 0 aromatic carbocycles. The van der Waals surface area contributed by atoms with Crippen LogP contribution in [0.5, 0.6) is 0 Å². The van der Waals surface area contributed by atoms with Crippen LogP contribution in [0.15, 0.2) is 0 Å². The number of nitrogens with two attached hydrogens (primary N) is 1. The molecule has 0 heterocycles. The summed E-state index contributed by atoms with van der Waals surface area (Å²) in [5, 5.41) is 0. The fraction of sp³-hybridized carbons (Fsp3) is 1.00. The van der Waals surface area contributed by atoms with Gasteiger partial charge in [-0.05, 0) is 45.6 Å². The van der Waals surface area contributed by atoms with Crippen LogP contribution < -0.4 is 5.73 Å². The highest BCUT2D eigenvalue weighted by Crippen LogP contribution is 2.04. The number of likely N-dealkylation sites (N-methyl/N-ethyl adjacent to an activating group) is 1. The predicted octanol–water partition coefficient (Wildman–Crippen LogP) is 1.78. The summed E-state index contributed by atoms with van der Waals surface area (Å²) in [5.41, 5.74) is 5.79. The number of rotatable bonds is 10. The standard InChI is InChI=1S/C13H31N3/c1-5-13(12-14)16(8-4)11-9-10-15(6-2)7-3/h13H,5-12,14H2,1-4H3. The van der Waals surface area contributed by atoms with E-state index >= 15 is 0 Å². The second kappa shape index (κ2) is 10.1. The van der Waals surface area contributed by atoms with E-state index in [1.54, 1.807) is 0 Å². The minimum Gasteiger partial charge on any atom is -0.329 e. The Morgan fingerprint density at radius 3 is 1.94 bits per heavy atom. The van der Waals surface area contributed by atoms with Crippen LogP contribution in [0.1, 0.15) is 40.5 Å². The van der Waals surface area contributed by atoms with E-state index < -0.39 is 0 Å². The lowest BCUT2D eigenvalue weighted by atomic mass is 10.2. The van der Waals surface area contributed by atoms with Gasteiger partial charge >= 0.3 is 0 Å². The van der Waals surface area contributed by atoms with Crippen LogP contribution in [0.3, 0.4) is 0 Å². The molecule has 3 nitrogen and oxygen atoms in total. The molecule has 3 heteroatoms. The van der Waals surface area contributed by atoms with Crippen LogP contribution in [-0.2, 0) is 0 Å². The minimum absolute atomic E-state index is 0.571. The SMILES string of the molecule is CCC(CN)N(CC)CCCN(CC)CC. The van der Waals surface area contributed by atoms with Crippen LogP contribution >= 0.6 is 0 Å². The first-order chi connectivity index (χ1) is 7.73. The van der Waals surface area contributed by atoms with Crippen molar-refractivity contribution < 1.29 is 0 Å². The van der Waals surface area contributed by atoms with Crippen LogP contribution in [0.25, 0.3) is 0 Å². The fourth-order valence-electron chi connectivity index (χ4n) is 2.21. The molecule has 0 bridgehead atoms. The molecule has 1 atom stereocenters. The van der Waals surface area contributed by atoms with E-state index in [4.69, 9.17) is 5.73 Å². The largest absolute Gasteiger partial charge is 0.329 e. The van der Waals surface area contributed by atoms with E-state index in [-0.39, 0.29) is 0 Å². The summed E-state index contributed by atoms with van der Waals surface area (Å²) >= 11 is 0. The van der Waals surface area contributed by atoms with Crippen molar-refractivity contribution in [2.75, 3.05) is 39.3 Å². The first kappa shape index (κ1) is 15.9. The summed E-state index contributed by atoms with van der Waals surface area (Å²) in [6.07, 6.45) is 2.42. The predicted molar refractivity (Wildman–Crippen MR) is 72.8 cm³/mol. The molecule has 0 saturated heterocycles. The van der Waals surface area contributed by atoms with Gasteiger partial charge in [-0.1, -0.05) is 27.7 Å². The Morgan fingerprint density at radius 1 is 0.938 bits per heavy atom. The molecular formula is C13H31N3. The minimum atomic E-state index is 0.571.